The maximum atomic E-state index is 12.4. The molecule has 25 heavy (non-hydrogen) atoms. The first kappa shape index (κ1) is 20.1. The Bertz CT molecular complexity index is 510. The van der Waals surface area contributed by atoms with Crippen molar-refractivity contribution in [1.29, 1.82) is 0 Å². The largest absolute Gasteiger partial charge is 0.326 e. The van der Waals surface area contributed by atoms with Crippen LogP contribution in [0.5, 0.6) is 0 Å². The lowest BCUT2D eigenvalue weighted by Crippen LogP contribution is -2.46. The van der Waals surface area contributed by atoms with Gasteiger partial charge in [-0.3, -0.25) is 4.79 Å². The number of piperazine rings is 1. The summed E-state index contributed by atoms with van der Waals surface area (Å²) < 4.78 is 0. The van der Waals surface area contributed by atoms with E-state index in [-0.39, 0.29) is 5.78 Å². The van der Waals surface area contributed by atoms with Crippen LogP contribution in [0.1, 0.15) is 61.4 Å². The minimum atomic E-state index is 0.232. The van der Waals surface area contributed by atoms with Crippen LogP contribution in [0.4, 0.5) is 0 Å². The summed E-state index contributed by atoms with van der Waals surface area (Å²) in [5.74, 6) is 0.232. The molecular formula is C21H35N3O. The second-order valence-electron chi connectivity index (χ2n) is 7.13. The number of nitrogens with zero attached hydrogens (tertiary/aromatic N) is 2. The van der Waals surface area contributed by atoms with Crippen LogP contribution < -0.4 is 5.73 Å². The van der Waals surface area contributed by atoms with E-state index in [9.17, 15) is 4.79 Å². The van der Waals surface area contributed by atoms with E-state index < -0.39 is 0 Å². The number of Topliss-reactive ketones (excluding diaryl/α,β-unsaturated/α-hetero) is 1. The van der Waals surface area contributed by atoms with Gasteiger partial charge in [-0.15, -0.1) is 0 Å². The summed E-state index contributed by atoms with van der Waals surface area (Å²) in [5, 5.41) is 0. The molecule has 0 spiro atoms. The fourth-order valence-corrected chi connectivity index (χ4v) is 3.57. The Hall–Kier alpha value is -1.23. The number of carbonyl (C=O) groups excluding carboxylic acids is 1. The highest BCUT2D eigenvalue weighted by atomic mass is 16.1. The summed E-state index contributed by atoms with van der Waals surface area (Å²) in [4.78, 5) is 17.5. The van der Waals surface area contributed by atoms with Crippen LogP contribution in [-0.4, -0.2) is 54.9 Å². The quantitative estimate of drug-likeness (QED) is 0.494. The molecule has 0 unspecified atom stereocenters. The SMILES string of the molecule is CCCCCCN1CCN(CCCC(=O)c2ccccc2CN)CC1. The molecule has 0 amide bonds. The minimum absolute atomic E-state index is 0.232. The molecule has 1 aliphatic heterocycles. The van der Waals surface area contributed by atoms with Crippen LogP contribution in [0.15, 0.2) is 24.3 Å². The maximum Gasteiger partial charge on any atom is 0.163 e. The fourth-order valence-electron chi connectivity index (χ4n) is 3.57. The summed E-state index contributed by atoms with van der Waals surface area (Å²) in [6.45, 7) is 9.61. The molecule has 2 rings (SSSR count). The second kappa shape index (κ2) is 11.4. The lowest BCUT2D eigenvalue weighted by Gasteiger charge is -2.34. The molecular weight excluding hydrogens is 310 g/mol. The smallest absolute Gasteiger partial charge is 0.163 e. The van der Waals surface area contributed by atoms with Crippen LogP contribution >= 0.6 is 0 Å². The molecule has 0 aliphatic carbocycles. The standard InChI is InChI=1S/C21H35N3O/c1-2-3-4-7-12-23-14-16-24(17-15-23)13-8-11-21(25)20-10-6-5-9-19(20)18-22/h5-6,9-10H,2-4,7-8,11-18,22H2,1H3. The lowest BCUT2D eigenvalue weighted by atomic mass is 10.0. The molecule has 140 valence electrons. The van der Waals surface area contributed by atoms with Crippen LogP contribution in [0, 0.1) is 0 Å². The predicted octanol–water partition coefficient (Wildman–Crippen LogP) is 3.31. The molecule has 4 nitrogen and oxygen atoms in total. The lowest BCUT2D eigenvalue weighted by molar-refractivity contribution is 0.0960. The fraction of sp³-hybridized carbons (Fsp3) is 0.667. The van der Waals surface area contributed by atoms with Gasteiger partial charge in [-0.2, -0.15) is 0 Å². The zero-order chi connectivity index (χ0) is 17.9. The van der Waals surface area contributed by atoms with Gasteiger partial charge in [0.05, 0.1) is 0 Å². The highest BCUT2D eigenvalue weighted by molar-refractivity contribution is 5.97. The second-order valence-corrected chi connectivity index (χ2v) is 7.13. The van der Waals surface area contributed by atoms with Gasteiger partial charge >= 0.3 is 0 Å². The van der Waals surface area contributed by atoms with Gasteiger partial charge in [0.2, 0.25) is 0 Å². The number of nitrogens with two attached hydrogens (primary N) is 1. The summed E-state index contributed by atoms with van der Waals surface area (Å²) >= 11 is 0. The van der Waals surface area contributed by atoms with Gasteiger partial charge < -0.3 is 15.5 Å². The van der Waals surface area contributed by atoms with E-state index in [1.807, 2.05) is 24.3 Å². The van der Waals surface area contributed by atoms with Gasteiger partial charge in [0.1, 0.15) is 0 Å². The Kier molecular flexibility index (Phi) is 9.16. The van der Waals surface area contributed by atoms with Crippen molar-refractivity contribution >= 4 is 5.78 Å². The zero-order valence-corrected chi connectivity index (χ0v) is 15.9. The van der Waals surface area contributed by atoms with Crippen molar-refractivity contribution in [3.8, 4) is 0 Å². The third-order valence-electron chi connectivity index (χ3n) is 5.21. The van der Waals surface area contributed by atoms with Crippen molar-refractivity contribution in [3.05, 3.63) is 35.4 Å². The summed E-state index contributed by atoms with van der Waals surface area (Å²) in [6, 6.07) is 7.72. The first-order chi connectivity index (χ1) is 12.2. The normalized spacial score (nSPS) is 16.2. The van der Waals surface area contributed by atoms with Crippen molar-refractivity contribution in [2.75, 3.05) is 39.3 Å². The highest BCUT2D eigenvalue weighted by Gasteiger charge is 2.17. The van der Waals surface area contributed by atoms with Gasteiger partial charge in [0.15, 0.2) is 5.78 Å². The number of benzene rings is 1. The third-order valence-corrected chi connectivity index (χ3v) is 5.21. The minimum Gasteiger partial charge on any atom is -0.326 e. The van der Waals surface area contributed by atoms with Gasteiger partial charge in [0, 0.05) is 44.7 Å². The predicted molar refractivity (Wildman–Crippen MR) is 105 cm³/mol. The molecule has 1 saturated heterocycles. The summed E-state index contributed by atoms with van der Waals surface area (Å²) in [6.07, 6.45) is 6.93. The van der Waals surface area contributed by atoms with Gasteiger partial charge in [-0.1, -0.05) is 50.5 Å². The zero-order valence-electron chi connectivity index (χ0n) is 15.9. The molecule has 2 N–H and O–H groups in total. The molecule has 1 heterocycles. The molecule has 1 aromatic carbocycles. The van der Waals surface area contributed by atoms with Crippen molar-refractivity contribution in [2.24, 2.45) is 5.73 Å². The molecule has 0 bridgehead atoms. The first-order valence-corrected chi connectivity index (χ1v) is 10.0. The first-order valence-electron chi connectivity index (χ1n) is 10.0. The average Bonchev–Trinajstić information content (AvgIpc) is 2.66. The van der Waals surface area contributed by atoms with Crippen molar-refractivity contribution in [1.82, 2.24) is 9.80 Å². The summed E-state index contributed by atoms with van der Waals surface area (Å²) in [7, 11) is 0. The van der Waals surface area contributed by atoms with E-state index in [1.165, 1.54) is 45.3 Å². The number of rotatable bonds is 11. The Morgan fingerprint density at radius 1 is 0.960 bits per heavy atom. The number of ketones is 1. The van der Waals surface area contributed by atoms with Crippen LogP contribution in [0.25, 0.3) is 0 Å². The molecule has 1 fully saturated rings. The molecule has 4 heteroatoms. The van der Waals surface area contributed by atoms with Crippen molar-refractivity contribution in [2.45, 2.75) is 52.0 Å². The van der Waals surface area contributed by atoms with E-state index in [2.05, 4.69) is 16.7 Å². The number of unbranched alkanes of at least 4 members (excludes halogenated alkanes) is 3. The topological polar surface area (TPSA) is 49.6 Å². The third kappa shape index (κ3) is 6.89. The Labute approximate surface area is 153 Å². The van der Waals surface area contributed by atoms with E-state index in [0.29, 0.717) is 13.0 Å². The van der Waals surface area contributed by atoms with E-state index >= 15 is 0 Å². The summed E-state index contributed by atoms with van der Waals surface area (Å²) in [5.41, 5.74) is 7.50. The average molecular weight is 346 g/mol. The molecule has 0 atom stereocenters. The molecule has 0 aromatic heterocycles. The monoisotopic (exact) mass is 345 g/mol. The molecule has 0 radical (unpaired) electrons. The highest BCUT2D eigenvalue weighted by Crippen LogP contribution is 2.13. The Morgan fingerprint density at radius 2 is 1.60 bits per heavy atom. The Balaban J connectivity index is 1.62. The van der Waals surface area contributed by atoms with Crippen LogP contribution in [0.3, 0.4) is 0 Å². The van der Waals surface area contributed by atoms with Gasteiger partial charge in [-0.05, 0) is 31.5 Å². The van der Waals surface area contributed by atoms with Gasteiger partial charge in [-0.25, -0.2) is 0 Å². The van der Waals surface area contributed by atoms with Gasteiger partial charge in [0.25, 0.3) is 0 Å². The molecule has 0 saturated carbocycles. The van der Waals surface area contributed by atoms with Crippen molar-refractivity contribution in [3.63, 3.8) is 0 Å². The molecule has 1 aromatic rings. The maximum absolute atomic E-state index is 12.4. The van der Waals surface area contributed by atoms with E-state index in [0.717, 1.165) is 37.2 Å². The number of hydrogen-bond acceptors (Lipinski definition) is 4. The van der Waals surface area contributed by atoms with E-state index in [1.54, 1.807) is 0 Å². The Morgan fingerprint density at radius 3 is 2.24 bits per heavy atom. The van der Waals surface area contributed by atoms with Crippen molar-refractivity contribution < 1.29 is 4.79 Å². The number of hydrogen-bond donors (Lipinski definition) is 1. The number of carbonyl (C=O) groups is 1. The van der Waals surface area contributed by atoms with Crippen LogP contribution in [-0.2, 0) is 6.54 Å². The van der Waals surface area contributed by atoms with Crippen LogP contribution in [0.2, 0.25) is 0 Å². The van der Waals surface area contributed by atoms with E-state index in [4.69, 9.17) is 5.73 Å². The molecule has 1 aliphatic rings.